The van der Waals surface area contributed by atoms with Crippen LogP contribution in [0.4, 0.5) is 4.39 Å². The van der Waals surface area contributed by atoms with Crippen molar-refractivity contribution in [1.29, 1.82) is 0 Å². The topological polar surface area (TPSA) is 69.6 Å². The van der Waals surface area contributed by atoms with Gasteiger partial charge in [-0.3, -0.25) is 9.59 Å². The number of piperidine rings is 1. The van der Waals surface area contributed by atoms with E-state index in [4.69, 9.17) is 5.11 Å². The SMILES string of the molecule is O=C(NCCO)C1CCCN(C(=O)Cc2ccc(F)cc2)C1. The Balaban J connectivity index is 1.89. The number of hydrogen-bond donors (Lipinski definition) is 2. The van der Waals surface area contributed by atoms with Crippen LogP contribution in [0.2, 0.25) is 0 Å². The van der Waals surface area contributed by atoms with E-state index in [2.05, 4.69) is 5.32 Å². The summed E-state index contributed by atoms with van der Waals surface area (Å²) in [5.41, 5.74) is 0.762. The molecular weight excluding hydrogens is 287 g/mol. The fraction of sp³-hybridized carbons (Fsp3) is 0.500. The van der Waals surface area contributed by atoms with Crippen molar-refractivity contribution < 1.29 is 19.1 Å². The Hall–Kier alpha value is -1.95. The maximum atomic E-state index is 12.9. The minimum atomic E-state index is -0.324. The molecule has 0 radical (unpaired) electrons. The van der Waals surface area contributed by atoms with E-state index in [0.29, 0.717) is 13.1 Å². The molecule has 2 amide bonds. The van der Waals surface area contributed by atoms with Crippen LogP contribution in [-0.4, -0.2) is 48.1 Å². The molecular formula is C16H21FN2O3. The van der Waals surface area contributed by atoms with E-state index in [9.17, 15) is 14.0 Å². The van der Waals surface area contributed by atoms with Crippen molar-refractivity contribution in [3.05, 3.63) is 35.6 Å². The lowest BCUT2D eigenvalue weighted by Crippen LogP contribution is -2.46. The molecule has 1 unspecified atom stereocenters. The zero-order chi connectivity index (χ0) is 15.9. The van der Waals surface area contributed by atoms with Crippen LogP contribution in [0.3, 0.4) is 0 Å². The Morgan fingerprint density at radius 1 is 1.32 bits per heavy atom. The molecule has 0 aromatic heterocycles. The summed E-state index contributed by atoms with van der Waals surface area (Å²) in [7, 11) is 0. The summed E-state index contributed by atoms with van der Waals surface area (Å²) < 4.78 is 12.9. The van der Waals surface area contributed by atoms with Gasteiger partial charge in [0.15, 0.2) is 0 Å². The smallest absolute Gasteiger partial charge is 0.227 e. The summed E-state index contributed by atoms with van der Waals surface area (Å²) in [6, 6.07) is 5.87. The Morgan fingerprint density at radius 3 is 2.73 bits per heavy atom. The van der Waals surface area contributed by atoms with Crippen molar-refractivity contribution in [1.82, 2.24) is 10.2 Å². The van der Waals surface area contributed by atoms with Crippen LogP contribution in [0.15, 0.2) is 24.3 Å². The highest BCUT2D eigenvalue weighted by Gasteiger charge is 2.28. The molecule has 1 heterocycles. The van der Waals surface area contributed by atoms with Crippen molar-refractivity contribution in [2.24, 2.45) is 5.92 Å². The number of hydrogen-bond acceptors (Lipinski definition) is 3. The largest absolute Gasteiger partial charge is 0.395 e. The van der Waals surface area contributed by atoms with Crippen LogP contribution >= 0.6 is 0 Å². The van der Waals surface area contributed by atoms with Gasteiger partial charge in [-0.25, -0.2) is 4.39 Å². The second kappa shape index (κ2) is 7.89. The number of likely N-dealkylation sites (tertiary alicyclic amines) is 1. The number of amides is 2. The van der Waals surface area contributed by atoms with E-state index >= 15 is 0 Å². The van der Waals surface area contributed by atoms with Gasteiger partial charge in [-0.15, -0.1) is 0 Å². The molecule has 120 valence electrons. The van der Waals surface area contributed by atoms with Crippen molar-refractivity contribution in [2.45, 2.75) is 19.3 Å². The maximum Gasteiger partial charge on any atom is 0.227 e. The Kier molecular flexibility index (Phi) is 5.89. The van der Waals surface area contributed by atoms with E-state index in [1.807, 2.05) is 0 Å². The van der Waals surface area contributed by atoms with Crippen LogP contribution in [0.1, 0.15) is 18.4 Å². The van der Waals surface area contributed by atoms with Gasteiger partial charge >= 0.3 is 0 Å². The zero-order valence-electron chi connectivity index (χ0n) is 12.4. The predicted octanol–water partition coefficient (Wildman–Crippen LogP) is 0.715. The van der Waals surface area contributed by atoms with E-state index < -0.39 is 0 Å². The number of rotatable bonds is 5. The summed E-state index contributed by atoms with van der Waals surface area (Å²) in [5.74, 6) is -0.716. The molecule has 0 aliphatic carbocycles. The molecule has 0 spiro atoms. The summed E-state index contributed by atoms with van der Waals surface area (Å²) >= 11 is 0. The Morgan fingerprint density at radius 2 is 2.05 bits per heavy atom. The molecule has 1 atom stereocenters. The quantitative estimate of drug-likeness (QED) is 0.842. The van der Waals surface area contributed by atoms with Crippen LogP contribution in [0, 0.1) is 11.7 Å². The van der Waals surface area contributed by atoms with E-state index in [0.717, 1.165) is 18.4 Å². The van der Waals surface area contributed by atoms with Crippen molar-refractivity contribution >= 4 is 11.8 Å². The third-order valence-corrected chi connectivity index (χ3v) is 3.82. The van der Waals surface area contributed by atoms with Gasteiger partial charge in [-0.1, -0.05) is 12.1 Å². The summed E-state index contributed by atoms with van der Waals surface area (Å²) in [4.78, 5) is 25.9. The Bertz CT molecular complexity index is 519. The molecule has 0 bridgehead atoms. The zero-order valence-corrected chi connectivity index (χ0v) is 12.4. The summed E-state index contributed by atoms with van der Waals surface area (Å²) in [5, 5.41) is 11.4. The van der Waals surface area contributed by atoms with Gasteiger partial charge in [0.05, 0.1) is 18.9 Å². The average Bonchev–Trinajstić information content (AvgIpc) is 2.54. The number of halogens is 1. The van der Waals surface area contributed by atoms with Gasteiger partial charge in [0.25, 0.3) is 0 Å². The van der Waals surface area contributed by atoms with Gasteiger partial charge < -0.3 is 15.3 Å². The molecule has 6 heteroatoms. The van der Waals surface area contributed by atoms with Crippen LogP contribution < -0.4 is 5.32 Å². The second-order valence-electron chi connectivity index (χ2n) is 5.50. The first-order valence-corrected chi connectivity index (χ1v) is 7.51. The first-order valence-electron chi connectivity index (χ1n) is 7.51. The number of carbonyl (C=O) groups is 2. The fourth-order valence-corrected chi connectivity index (χ4v) is 2.63. The molecule has 1 aliphatic heterocycles. The minimum Gasteiger partial charge on any atom is -0.395 e. The van der Waals surface area contributed by atoms with Gasteiger partial charge in [-0.2, -0.15) is 0 Å². The van der Waals surface area contributed by atoms with Crippen LogP contribution in [0.5, 0.6) is 0 Å². The second-order valence-corrected chi connectivity index (χ2v) is 5.50. The molecule has 1 saturated heterocycles. The third-order valence-electron chi connectivity index (χ3n) is 3.82. The number of aliphatic hydroxyl groups excluding tert-OH is 1. The average molecular weight is 308 g/mol. The first kappa shape index (κ1) is 16.4. The molecule has 2 N–H and O–H groups in total. The predicted molar refractivity (Wildman–Crippen MR) is 79.5 cm³/mol. The fourth-order valence-electron chi connectivity index (χ4n) is 2.63. The van der Waals surface area contributed by atoms with Crippen LogP contribution in [0.25, 0.3) is 0 Å². The number of nitrogens with one attached hydrogen (secondary N) is 1. The van der Waals surface area contributed by atoms with Crippen LogP contribution in [-0.2, 0) is 16.0 Å². The van der Waals surface area contributed by atoms with Crippen molar-refractivity contribution in [3.8, 4) is 0 Å². The molecule has 5 nitrogen and oxygen atoms in total. The third kappa shape index (κ3) is 4.53. The van der Waals surface area contributed by atoms with Crippen molar-refractivity contribution in [2.75, 3.05) is 26.2 Å². The lowest BCUT2D eigenvalue weighted by atomic mass is 9.96. The monoisotopic (exact) mass is 308 g/mol. The molecule has 2 rings (SSSR count). The minimum absolute atomic E-state index is 0.0498. The number of carbonyl (C=O) groups excluding carboxylic acids is 2. The standard InChI is InChI=1S/C16H21FN2O3/c17-14-5-3-12(4-6-14)10-15(21)19-8-1-2-13(11-19)16(22)18-7-9-20/h3-6,13,20H,1-2,7-11H2,(H,18,22). The first-order chi connectivity index (χ1) is 10.6. The number of nitrogens with zero attached hydrogens (tertiary/aromatic N) is 1. The van der Waals surface area contributed by atoms with E-state index in [-0.39, 0.29) is 43.1 Å². The van der Waals surface area contributed by atoms with Gasteiger partial charge in [0.2, 0.25) is 11.8 Å². The van der Waals surface area contributed by atoms with Gasteiger partial charge in [0.1, 0.15) is 5.82 Å². The molecule has 1 fully saturated rings. The highest BCUT2D eigenvalue weighted by Crippen LogP contribution is 2.18. The molecule has 1 aromatic carbocycles. The molecule has 1 aromatic rings. The lowest BCUT2D eigenvalue weighted by Gasteiger charge is -2.32. The normalized spacial score (nSPS) is 18.1. The number of aliphatic hydroxyl groups is 1. The molecule has 0 saturated carbocycles. The number of benzene rings is 1. The molecule has 22 heavy (non-hydrogen) atoms. The Labute approximate surface area is 129 Å². The highest BCUT2D eigenvalue weighted by atomic mass is 19.1. The lowest BCUT2D eigenvalue weighted by molar-refractivity contribution is -0.135. The maximum absolute atomic E-state index is 12.9. The van der Waals surface area contributed by atoms with Gasteiger partial charge in [-0.05, 0) is 30.5 Å². The van der Waals surface area contributed by atoms with E-state index in [1.165, 1.54) is 12.1 Å². The summed E-state index contributed by atoms with van der Waals surface area (Å²) in [6.07, 6.45) is 1.75. The van der Waals surface area contributed by atoms with E-state index in [1.54, 1.807) is 17.0 Å². The van der Waals surface area contributed by atoms with Gasteiger partial charge in [0, 0.05) is 19.6 Å². The van der Waals surface area contributed by atoms with Crippen molar-refractivity contribution in [3.63, 3.8) is 0 Å². The molecule has 1 aliphatic rings. The highest BCUT2D eigenvalue weighted by molar-refractivity contribution is 5.82. The summed E-state index contributed by atoms with van der Waals surface area (Å²) in [6.45, 7) is 1.19.